The van der Waals surface area contributed by atoms with Crippen LogP contribution < -0.4 is 5.32 Å². The van der Waals surface area contributed by atoms with Gasteiger partial charge in [0.2, 0.25) is 11.6 Å². The number of aryl methyl sites for hydroxylation is 1. The summed E-state index contributed by atoms with van der Waals surface area (Å²) in [6, 6.07) is 1.38. The average Bonchev–Trinajstić information content (AvgIpc) is 2.38. The van der Waals surface area contributed by atoms with Crippen LogP contribution in [0.4, 0.5) is 37.7 Å². The molecule has 0 spiro atoms. The molecule has 0 aliphatic rings. The standard InChI is InChI=1S/C12H6F6N2/c1-4-2-6(14)7(3-5(4)13)19-10-8(15)11(17)20-12(18)9(10)16/h2-3H,1H3,(H,19,20). The van der Waals surface area contributed by atoms with Gasteiger partial charge in [0, 0.05) is 6.07 Å². The Morgan fingerprint density at radius 1 is 0.850 bits per heavy atom. The topological polar surface area (TPSA) is 24.9 Å². The first-order valence-electron chi connectivity index (χ1n) is 5.24. The number of nitrogens with zero attached hydrogens (tertiary/aromatic N) is 1. The van der Waals surface area contributed by atoms with Crippen molar-refractivity contribution in [2.75, 3.05) is 5.32 Å². The first kappa shape index (κ1) is 14.2. The SMILES string of the molecule is Cc1cc(F)c(Nc2c(F)c(F)nc(F)c2F)cc1F. The minimum absolute atomic E-state index is 0.0407. The number of pyridine rings is 1. The van der Waals surface area contributed by atoms with Gasteiger partial charge in [-0.25, -0.2) is 8.78 Å². The van der Waals surface area contributed by atoms with Gasteiger partial charge in [-0.3, -0.25) is 0 Å². The zero-order valence-electron chi connectivity index (χ0n) is 9.87. The maximum Gasteiger partial charge on any atom is 0.253 e. The molecule has 0 fully saturated rings. The number of rotatable bonds is 2. The summed E-state index contributed by atoms with van der Waals surface area (Å²) >= 11 is 0. The van der Waals surface area contributed by atoms with Gasteiger partial charge < -0.3 is 5.32 Å². The van der Waals surface area contributed by atoms with Crippen molar-refractivity contribution >= 4 is 11.4 Å². The fraction of sp³-hybridized carbons (Fsp3) is 0.0833. The molecule has 1 N–H and O–H groups in total. The summed E-state index contributed by atoms with van der Waals surface area (Å²) in [5, 5.41) is 1.77. The lowest BCUT2D eigenvalue weighted by atomic mass is 10.2. The Bertz CT molecular complexity index is 660. The second-order valence-electron chi connectivity index (χ2n) is 3.90. The van der Waals surface area contributed by atoms with Crippen molar-refractivity contribution in [1.29, 1.82) is 0 Å². The third-order valence-corrected chi connectivity index (χ3v) is 2.51. The third-order valence-electron chi connectivity index (χ3n) is 2.51. The van der Waals surface area contributed by atoms with Crippen LogP contribution in [0.1, 0.15) is 5.56 Å². The van der Waals surface area contributed by atoms with E-state index < -0.39 is 46.5 Å². The van der Waals surface area contributed by atoms with Crippen molar-refractivity contribution in [2.24, 2.45) is 0 Å². The zero-order valence-corrected chi connectivity index (χ0v) is 9.87. The molecule has 1 heterocycles. The summed E-state index contributed by atoms with van der Waals surface area (Å²) in [7, 11) is 0. The van der Waals surface area contributed by atoms with Gasteiger partial charge >= 0.3 is 0 Å². The number of anilines is 2. The summed E-state index contributed by atoms with van der Waals surface area (Å²) < 4.78 is 79.1. The smallest absolute Gasteiger partial charge is 0.253 e. The normalized spacial score (nSPS) is 10.8. The van der Waals surface area contributed by atoms with Gasteiger partial charge in [0.1, 0.15) is 17.3 Å². The molecule has 2 rings (SSSR count). The van der Waals surface area contributed by atoms with Gasteiger partial charge in [-0.1, -0.05) is 0 Å². The van der Waals surface area contributed by atoms with Crippen molar-refractivity contribution in [3.8, 4) is 0 Å². The van der Waals surface area contributed by atoms with E-state index in [9.17, 15) is 26.3 Å². The van der Waals surface area contributed by atoms with Gasteiger partial charge in [-0.05, 0) is 18.6 Å². The number of aromatic nitrogens is 1. The minimum Gasteiger partial charge on any atom is -0.348 e. The van der Waals surface area contributed by atoms with E-state index in [0.717, 1.165) is 6.07 Å². The molecule has 106 valence electrons. The van der Waals surface area contributed by atoms with Crippen molar-refractivity contribution in [2.45, 2.75) is 6.92 Å². The van der Waals surface area contributed by atoms with Crippen molar-refractivity contribution in [3.63, 3.8) is 0 Å². The molecule has 0 radical (unpaired) electrons. The Morgan fingerprint density at radius 3 is 1.95 bits per heavy atom. The van der Waals surface area contributed by atoms with Crippen LogP contribution in [0.2, 0.25) is 0 Å². The van der Waals surface area contributed by atoms with Gasteiger partial charge in [0.05, 0.1) is 5.69 Å². The van der Waals surface area contributed by atoms with Gasteiger partial charge in [-0.2, -0.15) is 22.5 Å². The maximum atomic E-state index is 13.5. The van der Waals surface area contributed by atoms with Gasteiger partial charge in [-0.15, -0.1) is 0 Å². The van der Waals surface area contributed by atoms with Crippen LogP contribution in [0.5, 0.6) is 0 Å². The second-order valence-corrected chi connectivity index (χ2v) is 3.90. The number of benzene rings is 1. The lowest BCUT2D eigenvalue weighted by Gasteiger charge is -2.11. The Kier molecular flexibility index (Phi) is 3.56. The number of nitrogens with one attached hydrogen (secondary N) is 1. The minimum atomic E-state index is -1.90. The number of halogens is 6. The van der Waals surface area contributed by atoms with Crippen LogP contribution in [-0.2, 0) is 0 Å². The highest BCUT2D eigenvalue weighted by atomic mass is 19.2. The second kappa shape index (κ2) is 5.03. The fourth-order valence-electron chi connectivity index (χ4n) is 1.47. The lowest BCUT2D eigenvalue weighted by molar-refractivity contribution is 0.411. The van der Waals surface area contributed by atoms with E-state index in [-0.39, 0.29) is 5.56 Å². The quantitative estimate of drug-likeness (QED) is 0.669. The van der Waals surface area contributed by atoms with E-state index in [1.54, 1.807) is 5.32 Å². The Hall–Kier alpha value is -2.25. The molecule has 1 aromatic heterocycles. The van der Waals surface area contributed by atoms with E-state index in [0.29, 0.717) is 6.07 Å². The van der Waals surface area contributed by atoms with E-state index in [1.165, 1.54) is 6.92 Å². The number of hydrogen-bond acceptors (Lipinski definition) is 2. The highest BCUT2D eigenvalue weighted by Crippen LogP contribution is 2.28. The predicted molar refractivity (Wildman–Crippen MR) is 58.4 cm³/mol. The van der Waals surface area contributed by atoms with Crippen molar-refractivity contribution < 1.29 is 26.3 Å². The Balaban J connectivity index is 2.53. The highest BCUT2D eigenvalue weighted by Gasteiger charge is 2.22. The van der Waals surface area contributed by atoms with Crippen LogP contribution in [-0.4, -0.2) is 4.98 Å². The maximum absolute atomic E-state index is 13.5. The van der Waals surface area contributed by atoms with Crippen molar-refractivity contribution in [3.05, 3.63) is 52.9 Å². The molecular formula is C12H6F6N2. The molecule has 1 aromatic carbocycles. The van der Waals surface area contributed by atoms with Crippen LogP contribution >= 0.6 is 0 Å². The molecule has 2 nitrogen and oxygen atoms in total. The molecule has 0 bridgehead atoms. The number of hydrogen-bond donors (Lipinski definition) is 1. The molecule has 0 saturated heterocycles. The molecule has 0 saturated carbocycles. The van der Waals surface area contributed by atoms with Crippen LogP contribution in [0.25, 0.3) is 0 Å². The largest absolute Gasteiger partial charge is 0.348 e. The zero-order chi connectivity index (χ0) is 15.0. The predicted octanol–water partition coefficient (Wildman–Crippen LogP) is 3.97. The molecule has 0 unspecified atom stereocenters. The Labute approximate surface area is 109 Å². The fourth-order valence-corrected chi connectivity index (χ4v) is 1.47. The molecular weight excluding hydrogens is 286 g/mol. The monoisotopic (exact) mass is 292 g/mol. The molecule has 0 amide bonds. The summed E-state index contributed by atoms with van der Waals surface area (Å²) in [5.41, 5.74) is -2.01. The summed E-state index contributed by atoms with van der Waals surface area (Å²) in [4.78, 5) is 2.34. The highest BCUT2D eigenvalue weighted by molar-refractivity contribution is 5.61. The van der Waals surface area contributed by atoms with Crippen molar-refractivity contribution in [1.82, 2.24) is 4.98 Å². The molecule has 0 atom stereocenters. The van der Waals surface area contributed by atoms with E-state index in [2.05, 4.69) is 4.98 Å². The average molecular weight is 292 g/mol. The third kappa shape index (κ3) is 2.40. The summed E-state index contributed by atoms with van der Waals surface area (Å²) in [6.07, 6.45) is 0. The van der Waals surface area contributed by atoms with Crippen LogP contribution in [0.15, 0.2) is 12.1 Å². The lowest BCUT2D eigenvalue weighted by Crippen LogP contribution is -2.07. The molecule has 20 heavy (non-hydrogen) atoms. The van der Waals surface area contributed by atoms with Crippen LogP contribution in [0, 0.1) is 42.1 Å². The van der Waals surface area contributed by atoms with Gasteiger partial charge in [0.15, 0.2) is 0 Å². The summed E-state index contributed by atoms with van der Waals surface area (Å²) in [5.74, 6) is -9.39. The molecule has 0 aliphatic carbocycles. The first-order valence-corrected chi connectivity index (χ1v) is 5.24. The van der Waals surface area contributed by atoms with Crippen LogP contribution in [0.3, 0.4) is 0 Å². The molecule has 0 aliphatic heterocycles. The summed E-state index contributed by atoms with van der Waals surface area (Å²) in [6.45, 7) is 1.27. The van der Waals surface area contributed by atoms with Gasteiger partial charge in [0.25, 0.3) is 11.9 Å². The van der Waals surface area contributed by atoms with E-state index in [1.807, 2.05) is 0 Å². The molecule has 2 aromatic rings. The van der Waals surface area contributed by atoms with E-state index in [4.69, 9.17) is 0 Å². The van der Waals surface area contributed by atoms with E-state index >= 15 is 0 Å². The Morgan fingerprint density at radius 2 is 1.40 bits per heavy atom. The first-order chi connectivity index (χ1) is 9.31. The molecule has 8 heteroatoms.